The summed E-state index contributed by atoms with van der Waals surface area (Å²) in [6.45, 7) is 3.91. The molecule has 0 fully saturated rings. The number of allylic oxidation sites excluding steroid dienone is 1. The van der Waals surface area contributed by atoms with Crippen LogP contribution in [0.15, 0.2) is 79.4 Å². The lowest BCUT2D eigenvalue weighted by Gasteiger charge is -2.22. The van der Waals surface area contributed by atoms with Crippen LogP contribution in [0.1, 0.15) is 29.0 Å². The maximum atomic E-state index is 11.4. The summed E-state index contributed by atoms with van der Waals surface area (Å²) in [5.74, 6) is -0.707. The van der Waals surface area contributed by atoms with Gasteiger partial charge < -0.3 is 5.11 Å². The molecule has 0 amide bonds. The lowest BCUT2D eigenvalue weighted by Crippen LogP contribution is -2.09. The Bertz CT molecular complexity index is 866. The molecule has 0 radical (unpaired) electrons. The van der Waals surface area contributed by atoms with Gasteiger partial charge >= 0.3 is 5.97 Å². The molecule has 0 aliphatic heterocycles. The Labute approximate surface area is 142 Å². The Hall–Kier alpha value is -2.87. The van der Waals surface area contributed by atoms with Crippen molar-refractivity contribution in [1.29, 1.82) is 0 Å². The van der Waals surface area contributed by atoms with E-state index in [1.807, 2.05) is 48.5 Å². The Balaban J connectivity index is 2.26. The van der Waals surface area contributed by atoms with Crippen LogP contribution >= 0.6 is 0 Å². The molecule has 1 atom stereocenters. The normalized spacial score (nSPS) is 12.0. The summed E-state index contributed by atoms with van der Waals surface area (Å²) in [5.41, 5.74) is 3.15. The summed E-state index contributed by atoms with van der Waals surface area (Å²) in [7, 11) is 0. The van der Waals surface area contributed by atoms with Gasteiger partial charge in [0.2, 0.25) is 0 Å². The van der Waals surface area contributed by atoms with E-state index in [1.165, 1.54) is 5.56 Å². The summed E-state index contributed by atoms with van der Waals surface area (Å²) < 4.78 is 0. The van der Waals surface area contributed by atoms with Gasteiger partial charge in [0, 0.05) is 5.92 Å². The third-order valence-electron chi connectivity index (χ3n) is 4.36. The van der Waals surface area contributed by atoms with Gasteiger partial charge in [-0.1, -0.05) is 72.8 Å². The number of carboxylic acid groups (broad SMARTS) is 1. The highest BCUT2D eigenvalue weighted by atomic mass is 16.4. The van der Waals surface area contributed by atoms with Crippen molar-refractivity contribution < 1.29 is 9.90 Å². The van der Waals surface area contributed by atoms with Gasteiger partial charge in [-0.15, -0.1) is 6.58 Å². The molecule has 0 aliphatic carbocycles. The molecule has 1 unspecified atom stereocenters. The highest BCUT2D eigenvalue weighted by molar-refractivity contribution is 5.89. The van der Waals surface area contributed by atoms with E-state index < -0.39 is 5.97 Å². The third kappa shape index (κ3) is 3.23. The second kappa shape index (κ2) is 7.14. The quantitative estimate of drug-likeness (QED) is 0.637. The van der Waals surface area contributed by atoms with Gasteiger partial charge in [-0.25, -0.2) is 0 Å². The van der Waals surface area contributed by atoms with E-state index in [0.717, 1.165) is 28.3 Å². The number of hydrogen-bond donors (Lipinski definition) is 1. The van der Waals surface area contributed by atoms with Crippen LogP contribution in [-0.2, 0) is 11.2 Å². The van der Waals surface area contributed by atoms with Gasteiger partial charge in [0.1, 0.15) is 0 Å². The highest BCUT2D eigenvalue weighted by Crippen LogP contribution is 2.36. The fourth-order valence-corrected chi connectivity index (χ4v) is 3.34. The van der Waals surface area contributed by atoms with Crippen molar-refractivity contribution in [2.45, 2.75) is 18.8 Å². The molecule has 3 aromatic carbocycles. The van der Waals surface area contributed by atoms with Gasteiger partial charge in [-0.3, -0.25) is 4.79 Å². The second-order valence-corrected chi connectivity index (χ2v) is 5.92. The standard InChI is InChI=1S/C22H20O2/c1-2-8-19(16-9-4-3-5-10-16)22-18(15-21(23)24)14-13-17-11-6-7-12-20(17)22/h2-7,9-14,19H,1,8,15H2,(H,23,24). The van der Waals surface area contributed by atoms with E-state index >= 15 is 0 Å². The third-order valence-corrected chi connectivity index (χ3v) is 4.36. The summed E-state index contributed by atoms with van der Waals surface area (Å²) in [4.78, 5) is 11.4. The van der Waals surface area contributed by atoms with Gasteiger partial charge in [0.15, 0.2) is 0 Å². The lowest BCUT2D eigenvalue weighted by molar-refractivity contribution is -0.136. The van der Waals surface area contributed by atoms with Gasteiger partial charge in [-0.05, 0) is 33.9 Å². The van der Waals surface area contributed by atoms with Crippen molar-refractivity contribution in [2.75, 3.05) is 0 Å². The van der Waals surface area contributed by atoms with Crippen LogP contribution in [-0.4, -0.2) is 11.1 Å². The Morgan fingerprint density at radius 1 is 1.00 bits per heavy atom. The van der Waals surface area contributed by atoms with Crippen LogP contribution in [0.5, 0.6) is 0 Å². The molecular formula is C22H20O2. The highest BCUT2D eigenvalue weighted by Gasteiger charge is 2.20. The van der Waals surface area contributed by atoms with E-state index in [-0.39, 0.29) is 12.3 Å². The number of rotatable bonds is 6. The Morgan fingerprint density at radius 2 is 1.71 bits per heavy atom. The first-order valence-electron chi connectivity index (χ1n) is 8.09. The number of aliphatic carboxylic acids is 1. The van der Waals surface area contributed by atoms with Crippen LogP contribution < -0.4 is 0 Å². The molecular weight excluding hydrogens is 296 g/mol. The van der Waals surface area contributed by atoms with E-state index in [9.17, 15) is 9.90 Å². The molecule has 0 heterocycles. The molecule has 3 rings (SSSR count). The monoisotopic (exact) mass is 316 g/mol. The average Bonchev–Trinajstić information content (AvgIpc) is 2.60. The molecule has 2 nitrogen and oxygen atoms in total. The molecule has 0 saturated carbocycles. The fraction of sp³-hybridized carbons (Fsp3) is 0.136. The maximum absolute atomic E-state index is 11.4. The topological polar surface area (TPSA) is 37.3 Å². The Morgan fingerprint density at radius 3 is 2.42 bits per heavy atom. The van der Waals surface area contributed by atoms with Crippen LogP contribution in [0.2, 0.25) is 0 Å². The lowest BCUT2D eigenvalue weighted by atomic mass is 9.82. The van der Waals surface area contributed by atoms with E-state index in [0.29, 0.717) is 0 Å². The average molecular weight is 316 g/mol. The zero-order valence-electron chi connectivity index (χ0n) is 13.5. The van der Waals surface area contributed by atoms with Crippen LogP contribution in [0.3, 0.4) is 0 Å². The molecule has 0 saturated heterocycles. The van der Waals surface area contributed by atoms with E-state index in [2.05, 4.69) is 30.8 Å². The van der Waals surface area contributed by atoms with Crippen LogP contribution in [0.25, 0.3) is 10.8 Å². The minimum atomic E-state index is -0.808. The zero-order valence-corrected chi connectivity index (χ0v) is 13.5. The summed E-state index contributed by atoms with van der Waals surface area (Å²) >= 11 is 0. The number of hydrogen-bond acceptors (Lipinski definition) is 1. The first-order chi connectivity index (χ1) is 11.7. The van der Waals surface area contributed by atoms with E-state index in [1.54, 1.807) is 0 Å². The van der Waals surface area contributed by atoms with Crippen LogP contribution in [0, 0.1) is 0 Å². The van der Waals surface area contributed by atoms with E-state index in [4.69, 9.17) is 0 Å². The summed E-state index contributed by atoms with van der Waals surface area (Å²) in [6, 6.07) is 22.4. The predicted octanol–water partition coefficient (Wildman–Crippen LogP) is 5.17. The zero-order chi connectivity index (χ0) is 16.9. The fourth-order valence-electron chi connectivity index (χ4n) is 3.34. The molecule has 0 bridgehead atoms. The van der Waals surface area contributed by atoms with Gasteiger partial charge in [0.25, 0.3) is 0 Å². The number of fused-ring (bicyclic) bond motifs is 1. The molecule has 0 aromatic heterocycles. The summed E-state index contributed by atoms with van der Waals surface area (Å²) in [6.07, 6.45) is 2.70. The first kappa shape index (κ1) is 16.0. The SMILES string of the molecule is C=CCC(c1ccccc1)c1c(CC(=O)O)ccc2ccccc12. The first-order valence-corrected chi connectivity index (χ1v) is 8.09. The maximum Gasteiger partial charge on any atom is 0.307 e. The summed E-state index contributed by atoms with van der Waals surface area (Å²) in [5, 5.41) is 11.6. The minimum absolute atomic E-state index is 0.0284. The van der Waals surface area contributed by atoms with Gasteiger partial charge in [-0.2, -0.15) is 0 Å². The number of carbonyl (C=O) groups is 1. The molecule has 24 heavy (non-hydrogen) atoms. The Kier molecular flexibility index (Phi) is 4.76. The molecule has 120 valence electrons. The van der Waals surface area contributed by atoms with Crippen molar-refractivity contribution in [3.8, 4) is 0 Å². The predicted molar refractivity (Wildman–Crippen MR) is 98.4 cm³/mol. The molecule has 1 N–H and O–H groups in total. The number of carboxylic acids is 1. The smallest absolute Gasteiger partial charge is 0.307 e. The van der Waals surface area contributed by atoms with Crippen molar-refractivity contribution in [1.82, 2.24) is 0 Å². The second-order valence-electron chi connectivity index (χ2n) is 5.92. The van der Waals surface area contributed by atoms with Crippen molar-refractivity contribution >= 4 is 16.7 Å². The number of benzene rings is 3. The van der Waals surface area contributed by atoms with Crippen molar-refractivity contribution in [2.24, 2.45) is 0 Å². The molecule has 3 aromatic rings. The minimum Gasteiger partial charge on any atom is -0.481 e. The van der Waals surface area contributed by atoms with Crippen molar-refractivity contribution in [3.05, 3.63) is 96.1 Å². The largest absolute Gasteiger partial charge is 0.481 e. The van der Waals surface area contributed by atoms with Gasteiger partial charge in [0.05, 0.1) is 6.42 Å². The van der Waals surface area contributed by atoms with Crippen LogP contribution in [0.4, 0.5) is 0 Å². The molecule has 0 aliphatic rings. The molecule has 2 heteroatoms. The van der Waals surface area contributed by atoms with Crippen molar-refractivity contribution in [3.63, 3.8) is 0 Å². The molecule has 0 spiro atoms.